The Balaban J connectivity index is 2.69. The Morgan fingerprint density at radius 3 is 2.36 bits per heavy atom. The number of aryl methyl sites for hydroxylation is 1. The zero-order chi connectivity index (χ0) is 10.6. The van der Waals surface area contributed by atoms with Crippen LogP contribution in [-0.4, -0.2) is 12.8 Å². The summed E-state index contributed by atoms with van der Waals surface area (Å²) in [5.41, 5.74) is 1.18. The van der Waals surface area contributed by atoms with Crippen LogP contribution in [0.2, 0.25) is 0 Å². The molecule has 1 aromatic carbocycles. The smallest absolute Gasteiger partial charge is 0.244 e. The van der Waals surface area contributed by atoms with Gasteiger partial charge in [-0.3, -0.25) is 4.57 Å². The van der Waals surface area contributed by atoms with Crippen LogP contribution in [-0.2, 0) is 4.57 Å². The van der Waals surface area contributed by atoms with E-state index in [1.165, 1.54) is 5.56 Å². The molecule has 0 aliphatic heterocycles. The molecule has 0 radical (unpaired) electrons. The maximum absolute atomic E-state index is 11.8. The van der Waals surface area contributed by atoms with E-state index in [-0.39, 0.29) is 0 Å². The van der Waals surface area contributed by atoms with E-state index in [1.807, 2.05) is 38.1 Å². The third-order valence-corrected chi connectivity index (χ3v) is 3.81. The predicted molar refractivity (Wildman–Crippen MR) is 60.5 cm³/mol. The Hall–Kier alpha value is -0.750. The Bertz CT molecular complexity index is 330. The molecule has 0 aromatic heterocycles. The van der Waals surface area contributed by atoms with Crippen molar-refractivity contribution in [3.05, 3.63) is 29.8 Å². The molecule has 0 saturated heterocycles. The zero-order valence-electron chi connectivity index (χ0n) is 8.99. The second-order valence-electron chi connectivity index (χ2n) is 3.64. The van der Waals surface area contributed by atoms with Gasteiger partial charge in [-0.05, 0) is 25.5 Å². The highest BCUT2D eigenvalue weighted by Crippen LogP contribution is 2.43. The van der Waals surface area contributed by atoms with Crippen LogP contribution in [0.25, 0.3) is 0 Å². The van der Waals surface area contributed by atoms with Gasteiger partial charge in [0.15, 0.2) is 0 Å². The third kappa shape index (κ3) is 3.55. The molecular weight excluding hydrogens is 195 g/mol. The van der Waals surface area contributed by atoms with E-state index < -0.39 is 7.37 Å². The second kappa shape index (κ2) is 4.65. The van der Waals surface area contributed by atoms with Crippen molar-refractivity contribution in [1.82, 2.24) is 0 Å². The van der Waals surface area contributed by atoms with E-state index in [4.69, 9.17) is 4.52 Å². The molecule has 14 heavy (non-hydrogen) atoms. The monoisotopic (exact) mass is 212 g/mol. The summed E-state index contributed by atoms with van der Waals surface area (Å²) in [7, 11) is -2.43. The predicted octanol–water partition coefficient (Wildman–Crippen LogP) is 3.69. The summed E-state index contributed by atoms with van der Waals surface area (Å²) in [5.74, 6) is 0.704. The van der Waals surface area contributed by atoms with Crippen LogP contribution in [0.3, 0.4) is 0 Å². The first-order valence-electron chi connectivity index (χ1n) is 4.86. The van der Waals surface area contributed by atoms with Gasteiger partial charge in [0.2, 0.25) is 7.37 Å². The Morgan fingerprint density at radius 1 is 1.29 bits per heavy atom. The maximum Gasteiger partial charge on any atom is 0.244 e. The first kappa shape index (κ1) is 11.3. The molecule has 0 fully saturated rings. The van der Waals surface area contributed by atoms with Crippen molar-refractivity contribution in [3.8, 4) is 5.75 Å². The fraction of sp³-hybridized carbons (Fsp3) is 0.455. The van der Waals surface area contributed by atoms with Gasteiger partial charge in [0.1, 0.15) is 5.75 Å². The Labute approximate surface area is 85.7 Å². The Morgan fingerprint density at radius 2 is 1.86 bits per heavy atom. The molecular formula is C11H17O2P. The maximum atomic E-state index is 11.8. The first-order chi connectivity index (χ1) is 6.53. The largest absolute Gasteiger partial charge is 0.443 e. The van der Waals surface area contributed by atoms with Crippen molar-refractivity contribution >= 4 is 7.37 Å². The lowest BCUT2D eigenvalue weighted by Crippen LogP contribution is -1.95. The fourth-order valence-electron chi connectivity index (χ4n) is 1.27. The number of hydrogen-bond donors (Lipinski definition) is 0. The summed E-state index contributed by atoms with van der Waals surface area (Å²) >= 11 is 0. The van der Waals surface area contributed by atoms with E-state index in [0.29, 0.717) is 11.9 Å². The average molecular weight is 212 g/mol. The topological polar surface area (TPSA) is 26.3 Å². The van der Waals surface area contributed by atoms with Crippen LogP contribution in [0, 0.1) is 6.92 Å². The zero-order valence-corrected chi connectivity index (χ0v) is 9.88. The minimum atomic E-state index is -2.43. The molecule has 3 heteroatoms. The Kier molecular flexibility index (Phi) is 3.77. The van der Waals surface area contributed by atoms with Crippen molar-refractivity contribution < 1.29 is 9.09 Å². The van der Waals surface area contributed by atoms with Crippen LogP contribution in [0.4, 0.5) is 0 Å². The van der Waals surface area contributed by atoms with Gasteiger partial charge in [-0.25, -0.2) is 0 Å². The second-order valence-corrected chi connectivity index (χ2v) is 6.30. The van der Waals surface area contributed by atoms with Crippen molar-refractivity contribution in [3.63, 3.8) is 0 Å². The number of rotatable bonds is 4. The van der Waals surface area contributed by atoms with Crippen LogP contribution >= 0.6 is 7.37 Å². The van der Waals surface area contributed by atoms with Crippen molar-refractivity contribution in [1.29, 1.82) is 0 Å². The molecule has 0 heterocycles. The van der Waals surface area contributed by atoms with Gasteiger partial charge < -0.3 is 4.52 Å². The molecule has 1 rings (SSSR count). The quantitative estimate of drug-likeness (QED) is 0.711. The lowest BCUT2D eigenvalue weighted by atomic mass is 10.2. The van der Waals surface area contributed by atoms with Gasteiger partial charge in [-0.1, -0.05) is 24.6 Å². The molecule has 1 unspecified atom stereocenters. The number of hydrogen-bond acceptors (Lipinski definition) is 2. The van der Waals surface area contributed by atoms with Gasteiger partial charge >= 0.3 is 0 Å². The first-order valence-corrected chi connectivity index (χ1v) is 7.12. The highest BCUT2D eigenvalue weighted by atomic mass is 31.2. The van der Waals surface area contributed by atoms with E-state index in [9.17, 15) is 4.57 Å². The van der Waals surface area contributed by atoms with E-state index >= 15 is 0 Å². The molecule has 0 amide bonds. The molecule has 0 aliphatic rings. The minimum Gasteiger partial charge on any atom is -0.443 e. The van der Waals surface area contributed by atoms with Gasteiger partial charge in [0.25, 0.3) is 0 Å². The van der Waals surface area contributed by atoms with E-state index in [1.54, 1.807) is 6.66 Å². The molecule has 0 saturated carbocycles. The van der Waals surface area contributed by atoms with E-state index in [0.717, 1.165) is 6.42 Å². The number of benzene rings is 1. The lowest BCUT2D eigenvalue weighted by molar-refractivity contribution is 0.486. The summed E-state index contributed by atoms with van der Waals surface area (Å²) in [6, 6.07) is 7.64. The normalized spacial score (nSPS) is 14.8. The van der Waals surface area contributed by atoms with Gasteiger partial charge in [-0.2, -0.15) is 0 Å². The third-order valence-electron chi connectivity index (χ3n) is 1.95. The molecule has 1 atom stereocenters. The fourth-order valence-corrected chi connectivity index (χ4v) is 2.75. The molecule has 0 N–H and O–H groups in total. The highest BCUT2D eigenvalue weighted by molar-refractivity contribution is 7.58. The van der Waals surface area contributed by atoms with Crippen LogP contribution < -0.4 is 4.52 Å². The molecule has 2 nitrogen and oxygen atoms in total. The molecule has 78 valence electrons. The molecule has 0 aliphatic carbocycles. The summed E-state index contributed by atoms with van der Waals surface area (Å²) in [6.07, 6.45) is 1.53. The van der Waals surface area contributed by atoms with E-state index in [2.05, 4.69) is 0 Å². The molecule has 1 aromatic rings. The molecule has 0 bridgehead atoms. The van der Waals surface area contributed by atoms with Crippen LogP contribution in [0.15, 0.2) is 24.3 Å². The van der Waals surface area contributed by atoms with Gasteiger partial charge in [-0.15, -0.1) is 0 Å². The average Bonchev–Trinajstić information content (AvgIpc) is 2.08. The summed E-state index contributed by atoms with van der Waals surface area (Å²) in [4.78, 5) is 0. The standard InChI is InChI=1S/C11H17O2P/c1-4-9-14(3,12)13-11-7-5-10(2)6-8-11/h5-8H,4,9H2,1-3H3. The lowest BCUT2D eigenvalue weighted by Gasteiger charge is -2.14. The SMILES string of the molecule is CCCP(C)(=O)Oc1ccc(C)cc1. The van der Waals surface area contributed by atoms with Crippen molar-refractivity contribution in [2.24, 2.45) is 0 Å². The summed E-state index contributed by atoms with van der Waals surface area (Å²) in [5, 5.41) is 0. The van der Waals surface area contributed by atoms with Crippen molar-refractivity contribution in [2.45, 2.75) is 20.3 Å². The van der Waals surface area contributed by atoms with Crippen molar-refractivity contribution in [2.75, 3.05) is 12.8 Å². The highest BCUT2D eigenvalue weighted by Gasteiger charge is 2.15. The summed E-state index contributed by atoms with van der Waals surface area (Å²) in [6.45, 7) is 5.71. The van der Waals surface area contributed by atoms with Crippen LogP contribution in [0.5, 0.6) is 5.75 Å². The molecule has 0 spiro atoms. The van der Waals surface area contributed by atoms with Gasteiger partial charge in [0, 0.05) is 12.8 Å². The summed E-state index contributed by atoms with van der Waals surface area (Å²) < 4.78 is 17.3. The minimum absolute atomic E-state index is 0.640. The van der Waals surface area contributed by atoms with Crippen LogP contribution in [0.1, 0.15) is 18.9 Å². The van der Waals surface area contributed by atoms with Gasteiger partial charge in [0.05, 0.1) is 0 Å².